The van der Waals surface area contributed by atoms with Gasteiger partial charge in [0.25, 0.3) is 0 Å². The standard InChI is InChI=1S/C9H6Cl2N2O3/c10-6-3-1-2-5(7(6)11)8-12-16-9(15)13(8)4-14/h1-3,14H,4H2. The molecular formula is C9H6Cl2N2O3. The second-order valence-electron chi connectivity index (χ2n) is 2.94. The first-order chi connectivity index (χ1) is 7.65. The molecule has 0 fully saturated rings. The SMILES string of the molecule is O=c1onc(-c2cccc(Cl)c2Cl)n1CO. The number of halogens is 2. The molecule has 0 saturated heterocycles. The zero-order valence-corrected chi connectivity index (χ0v) is 9.37. The summed E-state index contributed by atoms with van der Waals surface area (Å²) in [6.07, 6.45) is 0. The molecule has 2 aromatic rings. The van der Waals surface area contributed by atoms with Gasteiger partial charge in [-0.1, -0.05) is 34.4 Å². The number of nitrogens with zero attached hydrogens (tertiary/aromatic N) is 2. The molecule has 1 N–H and O–H groups in total. The van der Waals surface area contributed by atoms with Gasteiger partial charge in [0.05, 0.1) is 10.0 Å². The van der Waals surface area contributed by atoms with E-state index in [0.717, 1.165) is 4.57 Å². The zero-order valence-electron chi connectivity index (χ0n) is 7.85. The third-order valence-electron chi connectivity index (χ3n) is 2.02. The Kier molecular flexibility index (Phi) is 3.00. The van der Waals surface area contributed by atoms with Crippen LogP contribution in [0.4, 0.5) is 0 Å². The van der Waals surface area contributed by atoms with Crippen LogP contribution in [0.3, 0.4) is 0 Å². The summed E-state index contributed by atoms with van der Waals surface area (Å²) in [5, 5.41) is 13.1. The fourth-order valence-corrected chi connectivity index (χ4v) is 1.65. The van der Waals surface area contributed by atoms with Crippen LogP contribution in [-0.4, -0.2) is 14.8 Å². The van der Waals surface area contributed by atoms with Crippen molar-refractivity contribution in [1.29, 1.82) is 0 Å². The number of aliphatic hydroxyl groups excluding tert-OH is 1. The summed E-state index contributed by atoms with van der Waals surface area (Å²) in [6, 6.07) is 4.89. The van der Waals surface area contributed by atoms with Gasteiger partial charge in [-0.25, -0.2) is 9.36 Å². The quantitative estimate of drug-likeness (QED) is 0.894. The van der Waals surface area contributed by atoms with Crippen LogP contribution in [0.25, 0.3) is 11.4 Å². The van der Waals surface area contributed by atoms with Gasteiger partial charge in [0.1, 0.15) is 6.73 Å². The maximum atomic E-state index is 11.1. The number of aromatic nitrogens is 2. The third kappa shape index (κ3) is 1.73. The molecule has 1 aromatic heterocycles. The Labute approximate surface area is 99.8 Å². The van der Waals surface area contributed by atoms with Crippen molar-refractivity contribution in [2.75, 3.05) is 0 Å². The highest BCUT2D eigenvalue weighted by molar-refractivity contribution is 6.43. The van der Waals surface area contributed by atoms with Crippen molar-refractivity contribution < 1.29 is 9.63 Å². The van der Waals surface area contributed by atoms with Crippen LogP contribution in [0.1, 0.15) is 0 Å². The van der Waals surface area contributed by atoms with Crippen LogP contribution in [0, 0.1) is 0 Å². The maximum Gasteiger partial charge on any atom is 0.443 e. The molecule has 0 radical (unpaired) electrons. The number of rotatable bonds is 2. The molecule has 7 heteroatoms. The van der Waals surface area contributed by atoms with Gasteiger partial charge >= 0.3 is 5.76 Å². The van der Waals surface area contributed by atoms with Crippen molar-refractivity contribution in [1.82, 2.24) is 9.72 Å². The minimum Gasteiger partial charge on any atom is -0.376 e. The molecule has 0 aliphatic heterocycles. The predicted octanol–water partition coefficient (Wildman–Crippen LogP) is 1.76. The van der Waals surface area contributed by atoms with E-state index < -0.39 is 12.5 Å². The number of hydrogen-bond donors (Lipinski definition) is 1. The first-order valence-corrected chi connectivity index (χ1v) is 5.02. The van der Waals surface area contributed by atoms with Crippen LogP contribution in [-0.2, 0) is 6.73 Å². The molecule has 1 aromatic carbocycles. The summed E-state index contributed by atoms with van der Waals surface area (Å²) in [7, 11) is 0. The predicted molar refractivity (Wildman–Crippen MR) is 58.4 cm³/mol. The summed E-state index contributed by atoms with van der Waals surface area (Å²) in [5.74, 6) is -0.617. The molecule has 5 nitrogen and oxygen atoms in total. The number of benzene rings is 1. The summed E-state index contributed by atoms with van der Waals surface area (Å²) in [5.41, 5.74) is 0.425. The number of aliphatic hydroxyl groups is 1. The molecule has 0 aliphatic rings. The van der Waals surface area contributed by atoms with E-state index in [1.54, 1.807) is 18.2 Å². The molecule has 0 saturated carbocycles. The minimum atomic E-state index is -0.756. The van der Waals surface area contributed by atoms with Gasteiger partial charge in [0, 0.05) is 5.56 Å². The summed E-state index contributed by atoms with van der Waals surface area (Å²) in [4.78, 5) is 11.1. The van der Waals surface area contributed by atoms with Crippen LogP contribution in [0.5, 0.6) is 0 Å². The molecule has 0 amide bonds. The van der Waals surface area contributed by atoms with E-state index in [1.165, 1.54) is 0 Å². The highest BCUT2D eigenvalue weighted by Gasteiger charge is 2.15. The van der Waals surface area contributed by atoms with Gasteiger partial charge in [-0.15, -0.1) is 0 Å². The summed E-state index contributed by atoms with van der Waals surface area (Å²) in [6.45, 7) is -0.541. The van der Waals surface area contributed by atoms with E-state index in [2.05, 4.69) is 9.68 Å². The monoisotopic (exact) mass is 260 g/mol. The van der Waals surface area contributed by atoms with Gasteiger partial charge < -0.3 is 5.11 Å². The lowest BCUT2D eigenvalue weighted by molar-refractivity contribution is 0.200. The average Bonchev–Trinajstić information content (AvgIpc) is 2.63. The molecule has 0 atom stereocenters. The molecule has 84 valence electrons. The van der Waals surface area contributed by atoms with Crippen molar-refractivity contribution in [2.24, 2.45) is 0 Å². The summed E-state index contributed by atoms with van der Waals surface area (Å²) >= 11 is 11.8. The molecular weight excluding hydrogens is 255 g/mol. The Morgan fingerprint density at radius 1 is 1.44 bits per heavy atom. The Bertz CT molecular complexity index is 576. The highest BCUT2D eigenvalue weighted by atomic mass is 35.5. The van der Waals surface area contributed by atoms with Crippen molar-refractivity contribution in [3.63, 3.8) is 0 Å². The van der Waals surface area contributed by atoms with Crippen molar-refractivity contribution in [2.45, 2.75) is 6.73 Å². The van der Waals surface area contributed by atoms with Gasteiger partial charge in [0.2, 0.25) is 0 Å². The fraction of sp³-hybridized carbons (Fsp3) is 0.111. The van der Waals surface area contributed by atoms with Crippen LogP contribution >= 0.6 is 23.2 Å². The van der Waals surface area contributed by atoms with E-state index in [-0.39, 0.29) is 10.8 Å². The normalized spacial score (nSPS) is 10.7. The van der Waals surface area contributed by atoms with E-state index in [0.29, 0.717) is 10.6 Å². The molecule has 16 heavy (non-hydrogen) atoms. The maximum absolute atomic E-state index is 11.1. The first kappa shape index (κ1) is 11.2. The average molecular weight is 261 g/mol. The highest BCUT2D eigenvalue weighted by Crippen LogP contribution is 2.31. The van der Waals surface area contributed by atoms with Gasteiger partial charge in [-0.2, -0.15) is 0 Å². The fourth-order valence-electron chi connectivity index (χ4n) is 1.26. The topological polar surface area (TPSA) is 68.3 Å². The van der Waals surface area contributed by atoms with Gasteiger partial charge in [-0.3, -0.25) is 4.52 Å². The van der Waals surface area contributed by atoms with E-state index in [4.69, 9.17) is 28.3 Å². The third-order valence-corrected chi connectivity index (χ3v) is 2.84. The molecule has 0 unspecified atom stereocenters. The molecule has 2 rings (SSSR count). The second kappa shape index (κ2) is 4.29. The Morgan fingerprint density at radius 2 is 2.19 bits per heavy atom. The zero-order chi connectivity index (χ0) is 11.7. The van der Waals surface area contributed by atoms with Gasteiger partial charge in [-0.05, 0) is 12.1 Å². The lowest BCUT2D eigenvalue weighted by Gasteiger charge is -2.04. The minimum absolute atomic E-state index is 0.139. The van der Waals surface area contributed by atoms with E-state index in [9.17, 15) is 4.79 Å². The molecule has 1 heterocycles. The first-order valence-electron chi connectivity index (χ1n) is 4.27. The van der Waals surface area contributed by atoms with E-state index in [1.807, 2.05) is 0 Å². The van der Waals surface area contributed by atoms with Crippen LogP contribution < -0.4 is 5.76 Å². The molecule has 0 spiro atoms. The summed E-state index contributed by atoms with van der Waals surface area (Å²) < 4.78 is 5.37. The van der Waals surface area contributed by atoms with Crippen LogP contribution in [0.2, 0.25) is 10.0 Å². The molecule has 0 aliphatic carbocycles. The van der Waals surface area contributed by atoms with Crippen molar-refractivity contribution in [3.05, 3.63) is 38.8 Å². The van der Waals surface area contributed by atoms with Crippen molar-refractivity contribution >= 4 is 23.2 Å². The van der Waals surface area contributed by atoms with Crippen molar-refractivity contribution in [3.8, 4) is 11.4 Å². The van der Waals surface area contributed by atoms with Crippen LogP contribution in [0.15, 0.2) is 27.5 Å². The Hall–Kier alpha value is -1.30. The number of hydrogen-bond acceptors (Lipinski definition) is 4. The van der Waals surface area contributed by atoms with E-state index >= 15 is 0 Å². The lowest BCUT2D eigenvalue weighted by atomic mass is 10.2. The molecule has 0 bridgehead atoms. The second-order valence-corrected chi connectivity index (χ2v) is 3.73. The van der Waals surface area contributed by atoms with Gasteiger partial charge in [0.15, 0.2) is 5.82 Å². The Morgan fingerprint density at radius 3 is 2.88 bits per heavy atom. The largest absolute Gasteiger partial charge is 0.443 e. The smallest absolute Gasteiger partial charge is 0.376 e. The Balaban J connectivity index is 2.68. The lowest BCUT2D eigenvalue weighted by Crippen LogP contribution is -2.15.